The van der Waals surface area contributed by atoms with Crippen molar-refractivity contribution in [3.05, 3.63) is 47.5 Å². The molecule has 2 aromatic rings. The van der Waals surface area contributed by atoms with Gasteiger partial charge < -0.3 is 25.5 Å². The van der Waals surface area contributed by atoms with Crippen LogP contribution in [-0.2, 0) is 5.60 Å². The summed E-state index contributed by atoms with van der Waals surface area (Å²) in [6.07, 6.45) is 0.902. The van der Waals surface area contributed by atoms with Crippen molar-refractivity contribution in [2.75, 3.05) is 0 Å². The molecule has 4 N–H and O–H groups in total. The predicted molar refractivity (Wildman–Crippen MR) is 81.9 cm³/mol. The van der Waals surface area contributed by atoms with E-state index < -0.39 is 22.8 Å². The van der Waals surface area contributed by atoms with Gasteiger partial charge in [0.25, 0.3) is 0 Å². The first-order valence-corrected chi connectivity index (χ1v) is 7.08. The molecule has 0 spiro atoms. The molecule has 0 fully saturated rings. The van der Waals surface area contributed by atoms with Gasteiger partial charge in [0.2, 0.25) is 5.75 Å². The fraction of sp³-hybridized carbons (Fsp3) is 0.235. The minimum absolute atomic E-state index is 0.135. The lowest BCUT2D eigenvalue weighted by Crippen LogP contribution is -2.39. The van der Waals surface area contributed by atoms with E-state index in [1.54, 1.807) is 0 Å². The van der Waals surface area contributed by atoms with Gasteiger partial charge in [-0.2, -0.15) is 0 Å². The van der Waals surface area contributed by atoms with Crippen LogP contribution in [-0.4, -0.2) is 21.0 Å². The minimum Gasteiger partial charge on any atom is -0.504 e. The van der Waals surface area contributed by atoms with Crippen LogP contribution < -0.4 is 4.74 Å². The van der Waals surface area contributed by atoms with Crippen LogP contribution in [0.4, 0.5) is 0 Å². The summed E-state index contributed by atoms with van der Waals surface area (Å²) < 4.78 is 6.07. The van der Waals surface area contributed by atoms with Gasteiger partial charge in [-0.15, -0.1) is 0 Å². The largest absolute Gasteiger partial charge is 0.504 e. The Kier molecular flexibility index (Phi) is 3.20. The number of benzene rings is 2. The zero-order valence-corrected chi connectivity index (χ0v) is 12.1. The Morgan fingerprint density at radius 2 is 1.82 bits per heavy atom. The molecule has 1 heterocycles. The van der Waals surface area contributed by atoms with Crippen LogP contribution >= 0.6 is 0 Å². The van der Waals surface area contributed by atoms with Gasteiger partial charge in [-0.1, -0.05) is 37.3 Å². The summed E-state index contributed by atoms with van der Waals surface area (Å²) in [7, 11) is 0. The number of fused-ring (bicyclic) bond motifs is 1. The molecule has 1 unspecified atom stereocenters. The topological polar surface area (TPSA) is 93.8 Å². The number of ether oxygens (including phenoxy) is 1. The SMILES string of the molecule is CCC1(c2ccccc2)CC(=N)c2c(cc(O)c(O)c2O)O1. The molecule has 22 heavy (non-hydrogen) atoms. The molecule has 5 heteroatoms. The monoisotopic (exact) mass is 299 g/mol. The molecule has 0 amide bonds. The van der Waals surface area contributed by atoms with E-state index in [4.69, 9.17) is 10.1 Å². The number of rotatable bonds is 2. The van der Waals surface area contributed by atoms with Crippen molar-refractivity contribution in [2.45, 2.75) is 25.4 Å². The second-order valence-electron chi connectivity index (χ2n) is 5.44. The van der Waals surface area contributed by atoms with Crippen molar-refractivity contribution in [3.8, 4) is 23.0 Å². The van der Waals surface area contributed by atoms with Crippen LogP contribution in [0.25, 0.3) is 0 Å². The Morgan fingerprint density at radius 3 is 2.45 bits per heavy atom. The van der Waals surface area contributed by atoms with Gasteiger partial charge in [0, 0.05) is 12.5 Å². The van der Waals surface area contributed by atoms with Crippen LogP contribution in [0.2, 0.25) is 0 Å². The second kappa shape index (κ2) is 4.94. The molecule has 0 bridgehead atoms. The van der Waals surface area contributed by atoms with Gasteiger partial charge in [-0.3, -0.25) is 0 Å². The van der Waals surface area contributed by atoms with Crippen LogP contribution in [0.3, 0.4) is 0 Å². The third kappa shape index (κ3) is 1.97. The molecule has 0 saturated carbocycles. The Balaban J connectivity index is 2.17. The lowest BCUT2D eigenvalue weighted by atomic mass is 9.81. The highest BCUT2D eigenvalue weighted by Gasteiger charge is 2.41. The smallest absolute Gasteiger partial charge is 0.201 e. The highest BCUT2D eigenvalue weighted by atomic mass is 16.5. The third-order valence-electron chi connectivity index (χ3n) is 4.16. The molecule has 0 radical (unpaired) electrons. The number of nitrogens with one attached hydrogen (secondary N) is 1. The molecular formula is C17H17NO4. The van der Waals surface area contributed by atoms with E-state index in [2.05, 4.69) is 0 Å². The maximum Gasteiger partial charge on any atom is 0.201 e. The van der Waals surface area contributed by atoms with Crippen LogP contribution in [0, 0.1) is 5.41 Å². The molecule has 114 valence electrons. The second-order valence-corrected chi connectivity index (χ2v) is 5.44. The highest BCUT2D eigenvalue weighted by Crippen LogP contribution is 2.50. The number of phenols is 3. The van der Waals surface area contributed by atoms with Crippen LogP contribution in [0.1, 0.15) is 30.9 Å². The van der Waals surface area contributed by atoms with Crippen LogP contribution in [0.5, 0.6) is 23.0 Å². The number of phenolic OH excluding ortho intramolecular Hbond substituents is 3. The molecular weight excluding hydrogens is 282 g/mol. The fourth-order valence-electron chi connectivity index (χ4n) is 2.92. The lowest BCUT2D eigenvalue weighted by molar-refractivity contribution is 0.0624. The summed E-state index contributed by atoms with van der Waals surface area (Å²) in [6, 6.07) is 10.8. The van der Waals surface area contributed by atoms with Gasteiger partial charge in [-0.25, -0.2) is 0 Å². The molecule has 0 saturated heterocycles. The molecule has 1 aliphatic heterocycles. The number of aromatic hydroxyl groups is 3. The molecule has 0 aromatic heterocycles. The Bertz CT molecular complexity index is 742. The van der Waals surface area contributed by atoms with Gasteiger partial charge in [-0.05, 0) is 12.0 Å². The Labute approximate surface area is 127 Å². The van der Waals surface area contributed by atoms with E-state index in [1.807, 2.05) is 37.3 Å². The molecule has 1 atom stereocenters. The summed E-state index contributed by atoms with van der Waals surface area (Å²) >= 11 is 0. The summed E-state index contributed by atoms with van der Waals surface area (Å²) in [5.74, 6) is -1.41. The van der Waals surface area contributed by atoms with Crippen LogP contribution in [0.15, 0.2) is 36.4 Å². The number of hydrogen-bond donors (Lipinski definition) is 4. The fourth-order valence-corrected chi connectivity index (χ4v) is 2.92. The van der Waals surface area contributed by atoms with Crippen molar-refractivity contribution in [3.63, 3.8) is 0 Å². The van der Waals surface area contributed by atoms with Gasteiger partial charge in [0.1, 0.15) is 11.4 Å². The average molecular weight is 299 g/mol. The molecule has 3 rings (SSSR count). The molecule has 0 aliphatic carbocycles. The normalized spacial score (nSPS) is 20.3. The van der Waals surface area contributed by atoms with E-state index in [9.17, 15) is 15.3 Å². The van der Waals surface area contributed by atoms with E-state index in [0.29, 0.717) is 6.42 Å². The lowest BCUT2D eigenvalue weighted by Gasteiger charge is -2.39. The summed E-state index contributed by atoms with van der Waals surface area (Å²) in [5, 5.41) is 37.6. The van der Waals surface area contributed by atoms with Crippen molar-refractivity contribution >= 4 is 5.71 Å². The highest BCUT2D eigenvalue weighted by molar-refractivity contribution is 6.05. The first kappa shape index (κ1) is 14.3. The standard InChI is InChI=1S/C17H17NO4/c1-2-17(10-6-4-3-5-7-10)9-11(18)14-13(22-17)8-12(19)15(20)16(14)21/h3-8,18-21H,2,9H2,1H3. The maximum atomic E-state index is 9.98. The Hall–Kier alpha value is -2.69. The van der Waals surface area contributed by atoms with Gasteiger partial charge >= 0.3 is 0 Å². The quantitative estimate of drug-likeness (QED) is 0.640. The number of hydrogen-bond acceptors (Lipinski definition) is 5. The zero-order valence-electron chi connectivity index (χ0n) is 12.1. The average Bonchev–Trinajstić information content (AvgIpc) is 2.52. The summed E-state index contributed by atoms with van der Waals surface area (Å²) in [5.41, 5.74) is 0.510. The van der Waals surface area contributed by atoms with Crippen molar-refractivity contribution in [1.29, 1.82) is 5.41 Å². The van der Waals surface area contributed by atoms with Crippen molar-refractivity contribution in [2.24, 2.45) is 0 Å². The summed E-state index contributed by atoms with van der Waals surface area (Å²) in [4.78, 5) is 0. The van der Waals surface area contributed by atoms with E-state index in [1.165, 1.54) is 6.07 Å². The predicted octanol–water partition coefficient (Wildman–Crippen LogP) is 3.26. The zero-order chi connectivity index (χ0) is 15.9. The maximum absolute atomic E-state index is 9.98. The first-order valence-electron chi connectivity index (χ1n) is 7.08. The van der Waals surface area contributed by atoms with E-state index in [-0.39, 0.29) is 23.4 Å². The third-order valence-corrected chi connectivity index (χ3v) is 4.16. The first-order chi connectivity index (χ1) is 10.5. The van der Waals surface area contributed by atoms with Crippen molar-refractivity contribution < 1.29 is 20.1 Å². The molecule has 2 aromatic carbocycles. The molecule has 1 aliphatic rings. The minimum atomic E-state index is -0.721. The van der Waals surface area contributed by atoms with E-state index >= 15 is 0 Å². The molecule has 5 nitrogen and oxygen atoms in total. The van der Waals surface area contributed by atoms with E-state index in [0.717, 1.165) is 5.56 Å². The Morgan fingerprint density at radius 1 is 1.14 bits per heavy atom. The van der Waals surface area contributed by atoms with Gasteiger partial charge in [0.15, 0.2) is 11.5 Å². The van der Waals surface area contributed by atoms with Gasteiger partial charge in [0.05, 0.1) is 11.3 Å². The van der Waals surface area contributed by atoms with Crippen molar-refractivity contribution in [1.82, 2.24) is 0 Å². The summed E-state index contributed by atoms with van der Waals surface area (Å²) in [6.45, 7) is 1.96.